The molecule has 6 heteroatoms. The summed E-state index contributed by atoms with van der Waals surface area (Å²) in [5.74, 6) is -0.135. The van der Waals surface area contributed by atoms with Gasteiger partial charge in [0.1, 0.15) is 12.4 Å². The lowest BCUT2D eigenvalue weighted by molar-refractivity contribution is 0.0740. The molecule has 0 radical (unpaired) electrons. The van der Waals surface area contributed by atoms with Gasteiger partial charge < -0.3 is 10.5 Å². The van der Waals surface area contributed by atoms with Gasteiger partial charge in [-0.25, -0.2) is 4.68 Å². The molecule has 0 saturated carbocycles. The van der Waals surface area contributed by atoms with Gasteiger partial charge in [-0.05, 0) is 24.2 Å². The van der Waals surface area contributed by atoms with E-state index in [9.17, 15) is 4.79 Å². The minimum Gasteiger partial charge on any atom is -0.398 e. The average Bonchev–Trinajstić information content (AvgIpc) is 2.91. The Morgan fingerprint density at radius 3 is 2.68 bits per heavy atom. The molecule has 0 aliphatic heterocycles. The fourth-order valence-corrected chi connectivity index (χ4v) is 2.76. The molecular weight excluding hydrogens is 294 g/mol. The molecule has 1 aromatic heterocycles. The maximum absolute atomic E-state index is 12.6. The number of nitrogens with zero attached hydrogens (tertiary/aromatic N) is 2. The van der Waals surface area contributed by atoms with Gasteiger partial charge in [0.2, 0.25) is 5.78 Å². The van der Waals surface area contributed by atoms with Crippen LogP contribution in [0.2, 0.25) is 25.7 Å². The van der Waals surface area contributed by atoms with E-state index in [4.69, 9.17) is 10.5 Å². The first-order chi connectivity index (χ1) is 10.4. The molecule has 0 amide bonds. The zero-order valence-corrected chi connectivity index (χ0v) is 14.4. The summed E-state index contributed by atoms with van der Waals surface area (Å²) < 4.78 is 7.25. The highest BCUT2D eigenvalue weighted by Crippen LogP contribution is 2.16. The standard InChI is InChI=1S/C16H23N3O2Si/c1-22(2,3)11-10-21-12-19-15(8-9-18-19)16(20)13-6-4-5-7-14(13)17/h4-9H,10-12,17H2,1-3H3. The third-order valence-corrected chi connectivity index (χ3v) is 5.07. The molecule has 0 saturated heterocycles. The highest BCUT2D eigenvalue weighted by molar-refractivity contribution is 6.76. The SMILES string of the molecule is C[Si](C)(C)CCOCn1nccc1C(=O)c1ccccc1N. The quantitative estimate of drug-likeness (QED) is 0.369. The smallest absolute Gasteiger partial charge is 0.213 e. The molecule has 2 rings (SSSR count). The fourth-order valence-electron chi connectivity index (χ4n) is 2.00. The molecule has 1 heterocycles. The Balaban J connectivity index is 2.04. The largest absolute Gasteiger partial charge is 0.398 e. The first-order valence-electron chi connectivity index (χ1n) is 7.37. The van der Waals surface area contributed by atoms with Crippen molar-refractivity contribution >= 4 is 19.5 Å². The summed E-state index contributed by atoms with van der Waals surface area (Å²) in [6, 6.07) is 9.83. The average molecular weight is 317 g/mol. The third-order valence-electron chi connectivity index (χ3n) is 3.36. The molecular formula is C16H23N3O2Si. The zero-order valence-electron chi connectivity index (χ0n) is 13.4. The minimum absolute atomic E-state index is 0.135. The van der Waals surface area contributed by atoms with Gasteiger partial charge in [0.25, 0.3) is 0 Å². The first-order valence-corrected chi connectivity index (χ1v) is 11.1. The molecule has 1 aromatic carbocycles. The number of carbonyl (C=O) groups excluding carboxylic acids is 1. The number of nitrogen functional groups attached to an aromatic ring is 1. The molecule has 0 unspecified atom stereocenters. The lowest BCUT2D eigenvalue weighted by Gasteiger charge is -2.15. The molecule has 0 bridgehead atoms. The van der Waals surface area contributed by atoms with Crippen LogP contribution in [-0.2, 0) is 11.5 Å². The van der Waals surface area contributed by atoms with Gasteiger partial charge in [0, 0.05) is 32.1 Å². The molecule has 2 N–H and O–H groups in total. The summed E-state index contributed by atoms with van der Waals surface area (Å²) in [5.41, 5.74) is 7.33. The maximum Gasteiger partial charge on any atom is 0.213 e. The van der Waals surface area contributed by atoms with Crippen LogP contribution in [0, 0.1) is 0 Å². The van der Waals surface area contributed by atoms with Crippen molar-refractivity contribution in [2.45, 2.75) is 32.4 Å². The van der Waals surface area contributed by atoms with Gasteiger partial charge in [0.15, 0.2) is 0 Å². The number of rotatable bonds is 7. The predicted octanol–water partition coefficient (Wildman–Crippen LogP) is 3.01. The molecule has 118 valence electrons. The van der Waals surface area contributed by atoms with Crippen LogP contribution in [0.3, 0.4) is 0 Å². The topological polar surface area (TPSA) is 70.1 Å². The molecule has 0 fully saturated rings. The number of ether oxygens (including phenoxy) is 1. The Bertz CT molecular complexity index is 647. The van der Waals surface area contributed by atoms with Gasteiger partial charge in [-0.15, -0.1) is 0 Å². The van der Waals surface area contributed by atoms with E-state index in [-0.39, 0.29) is 12.5 Å². The van der Waals surface area contributed by atoms with E-state index >= 15 is 0 Å². The first kappa shape index (κ1) is 16.4. The van der Waals surface area contributed by atoms with Crippen molar-refractivity contribution < 1.29 is 9.53 Å². The number of para-hydroxylation sites is 1. The van der Waals surface area contributed by atoms with Crippen molar-refractivity contribution in [2.75, 3.05) is 12.3 Å². The van der Waals surface area contributed by atoms with Crippen LogP contribution in [0.5, 0.6) is 0 Å². The number of anilines is 1. The summed E-state index contributed by atoms with van der Waals surface area (Å²) in [7, 11) is -1.11. The molecule has 5 nitrogen and oxygen atoms in total. The number of nitrogens with two attached hydrogens (primary N) is 1. The molecule has 2 aromatic rings. The number of carbonyl (C=O) groups is 1. The van der Waals surface area contributed by atoms with Crippen LogP contribution >= 0.6 is 0 Å². The highest BCUT2D eigenvalue weighted by atomic mass is 28.3. The van der Waals surface area contributed by atoms with Crippen molar-refractivity contribution in [3.05, 3.63) is 47.8 Å². The molecule has 22 heavy (non-hydrogen) atoms. The normalized spacial score (nSPS) is 11.6. The molecule has 0 atom stereocenters. The number of hydrogen-bond donors (Lipinski definition) is 1. The van der Waals surface area contributed by atoms with E-state index in [1.807, 2.05) is 6.07 Å². The Morgan fingerprint density at radius 2 is 2.00 bits per heavy atom. The summed E-state index contributed by atoms with van der Waals surface area (Å²) in [6.07, 6.45) is 1.61. The van der Waals surface area contributed by atoms with Crippen LogP contribution in [0.25, 0.3) is 0 Å². The summed E-state index contributed by atoms with van der Waals surface area (Å²) in [4.78, 5) is 12.6. The lowest BCUT2D eigenvalue weighted by Crippen LogP contribution is -2.22. The van der Waals surface area contributed by atoms with Crippen molar-refractivity contribution in [2.24, 2.45) is 0 Å². The number of benzene rings is 1. The lowest BCUT2D eigenvalue weighted by atomic mass is 10.1. The zero-order chi connectivity index (χ0) is 16.2. The van der Waals surface area contributed by atoms with Gasteiger partial charge >= 0.3 is 0 Å². The molecule has 0 aliphatic carbocycles. The summed E-state index contributed by atoms with van der Waals surface area (Å²) in [6.45, 7) is 7.88. The molecule has 0 spiro atoms. The van der Waals surface area contributed by atoms with Gasteiger partial charge in [-0.1, -0.05) is 31.8 Å². The van der Waals surface area contributed by atoms with Gasteiger partial charge in [-0.3, -0.25) is 4.79 Å². The summed E-state index contributed by atoms with van der Waals surface area (Å²) >= 11 is 0. The Hall–Kier alpha value is -1.92. The van der Waals surface area contributed by atoms with E-state index < -0.39 is 8.07 Å². The second-order valence-corrected chi connectivity index (χ2v) is 12.1. The van der Waals surface area contributed by atoms with Crippen LogP contribution in [0.15, 0.2) is 36.5 Å². The van der Waals surface area contributed by atoms with Crippen LogP contribution in [0.1, 0.15) is 16.1 Å². The van der Waals surface area contributed by atoms with Crippen molar-refractivity contribution in [1.29, 1.82) is 0 Å². The summed E-state index contributed by atoms with van der Waals surface area (Å²) in [5, 5.41) is 4.17. The van der Waals surface area contributed by atoms with Crippen LogP contribution < -0.4 is 5.73 Å². The number of aromatic nitrogens is 2. The van der Waals surface area contributed by atoms with E-state index in [2.05, 4.69) is 24.7 Å². The minimum atomic E-state index is -1.11. The van der Waals surface area contributed by atoms with Gasteiger partial charge in [0.05, 0.1) is 0 Å². The van der Waals surface area contributed by atoms with E-state index in [1.165, 1.54) is 0 Å². The van der Waals surface area contributed by atoms with Crippen LogP contribution in [0.4, 0.5) is 5.69 Å². The Kier molecular flexibility index (Phi) is 5.15. The number of hydrogen-bond acceptors (Lipinski definition) is 4. The monoisotopic (exact) mass is 317 g/mol. The highest BCUT2D eigenvalue weighted by Gasteiger charge is 2.17. The fraction of sp³-hybridized carbons (Fsp3) is 0.375. The third kappa shape index (κ3) is 4.28. The van der Waals surface area contributed by atoms with Crippen molar-refractivity contribution in [3.8, 4) is 0 Å². The van der Waals surface area contributed by atoms with Crippen molar-refractivity contribution in [3.63, 3.8) is 0 Å². The van der Waals surface area contributed by atoms with Gasteiger partial charge in [-0.2, -0.15) is 5.10 Å². The van der Waals surface area contributed by atoms with E-state index in [1.54, 1.807) is 35.1 Å². The second-order valence-electron chi connectivity index (χ2n) is 6.48. The molecule has 0 aliphatic rings. The van der Waals surface area contributed by atoms with Crippen molar-refractivity contribution in [1.82, 2.24) is 9.78 Å². The number of ketones is 1. The van der Waals surface area contributed by atoms with E-state index in [0.29, 0.717) is 23.6 Å². The Labute approximate surface area is 132 Å². The van der Waals surface area contributed by atoms with Crippen LogP contribution in [-0.4, -0.2) is 30.2 Å². The van der Waals surface area contributed by atoms with E-state index in [0.717, 1.165) is 6.04 Å². The Morgan fingerprint density at radius 1 is 1.27 bits per heavy atom. The second kappa shape index (κ2) is 6.89. The maximum atomic E-state index is 12.6. The predicted molar refractivity (Wildman–Crippen MR) is 90.6 cm³/mol.